The third-order valence-corrected chi connectivity index (χ3v) is 2.60. The quantitative estimate of drug-likeness (QED) is 0.840. The van der Waals surface area contributed by atoms with Gasteiger partial charge in [-0.15, -0.1) is 0 Å². The van der Waals surface area contributed by atoms with Gasteiger partial charge in [-0.1, -0.05) is 11.6 Å². The molecular formula is C10H11ClFNO. The van der Waals surface area contributed by atoms with E-state index in [1.165, 1.54) is 12.1 Å². The fraction of sp³-hybridized carbons (Fsp3) is 0.400. The van der Waals surface area contributed by atoms with Gasteiger partial charge in [0.05, 0.1) is 10.6 Å². The van der Waals surface area contributed by atoms with Crippen molar-refractivity contribution in [1.29, 1.82) is 0 Å². The van der Waals surface area contributed by atoms with Gasteiger partial charge in [-0.3, -0.25) is 0 Å². The fourth-order valence-electron chi connectivity index (χ4n) is 1.10. The zero-order valence-corrected chi connectivity index (χ0v) is 8.35. The van der Waals surface area contributed by atoms with Crippen LogP contribution in [-0.2, 0) is 0 Å². The number of ether oxygens (including phenoxy) is 1. The van der Waals surface area contributed by atoms with Crippen LogP contribution in [0.1, 0.15) is 12.8 Å². The predicted molar refractivity (Wildman–Crippen MR) is 53.1 cm³/mol. The van der Waals surface area contributed by atoms with Crippen LogP contribution in [0.25, 0.3) is 0 Å². The van der Waals surface area contributed by atoms with Gasteiger partial charge in [0.1, 0.15) is 18.2 Å². The maximum Gasteiger partial charge on any atom is 0.142 e. The highest BCUT2D eigenvalue weighted by atomic mass is 35.5. The van der Waals surface area contributed by atoms with Crippen LogP contribution in [-0.4, -0.2) is 12.1 Å². The minimum atomic E-state index is -0.437. The predicted octanol–water partition coefficient (Wildman–Crippen LogP) is 2.35. The molecule has 76 valence electrons. The van der Waals surface area contributed by atoms with Gasteiger partial charge < -0.3 is 10.5 Å². The summed E-state index contributed by atoms with van der Waals surface area (Å²) in [5, 5.41) is 0.0735. The minimum Gasteiger partial charge on any atom is -0.492 e. The van der Waals surface area contributed by atoms with Crippen molar-refractivity contribution >= 4 is 11.6 Å². The molecule has 2 nitrogen and oxygen atoms in total. The van der Waals surface area contributed by atoms with Crippen LogP contribution in [0, 0.1) is 5.82 Å². The standard InChI is InChI=1S/C10H11ClFNO/c11-8-5-7(1-2-9(8)12)14-6-10(13)3-4-10/h1-2,5H,3-4,6,13H2. The molecule has 0 spiro atoms. The van der Waals surface area contributed by atoms with E-state index in [0.717, 1.165) is 12.8 Å². The molecule has 1 aliphatic carbocycles. The summed E-state index contributed by atoms with van der Waals surface area (Å²) in [5.74, 6) is 0.126. The first-order valence-electron chi connectivity index (χ1n) is 4.46. The number of rotatable bonds is 3. The summed E-state index contributed by atoms with van der Waals surface area (Å²) in [6.45, 7) is 0.467. The van der Waals surface area contributed by atoms with Crippen LogP contribution >= 0.6 is 11.6 Å². The van der Waals surface area contributed by atoms with E-state index in [4.69, 9.17) is 22.1 Å². The monoisotopic (exact) mass is 215 g/mol. The van der Waals surface area contributed by atoms with Crippen molar-refractivity contribution < 1.29 is 9.13 Å². The average molecular weight is 216 g/mol. The molecule has 4 heteroatoms. The van der Waals surface area contributed by atoms with E-state index in [1.807, 2.05) is 0 Å². The Morgan fingerprint density at radius 1 is 1.50 bits per heavy atom. The number of benzene rings is 1. The molecule has 1 fully saturated rings. The Kier molecular flexibility index (Phi) is 2.37. The Balaban J connectivity index is 1.99. The topological polar surface area (TPSA) is 35.2 Å². The van der Waals surface area contributed by atoms with Crippen molar-refractivity contribution in [1.82, 2.24) is 0 Å². The van der Waals surface area contributed by atoms with E-state index in [0.29, 0.717) is 12.4 Å². The maximum atomic E-state index is 12.8. The van der Waals surface area contributed by atoms with Gasteiger partial charge in [0, 0.05) is 6.07 Å². The van der Waals surface area contributed by atoms with Gasteiger partial charge in [-0.25, -0.2) is 4.39 Å². The van der Waals surface area contributed by atoms with Crippen LogP contribution in [0.4, 0.5) is 4.39 Å². The van der Waals surface area contributed by atoms with Gasteiger partial charge in [0.2, 0.25) is 0 Å². The Bertz CT molecular complexity index is 352. The summed E-state index contributed by atoms with van der Waals surface area (Å²) >= 11 is 5.59. The lowest BCUT2D eigenvalue weighted by atomic mass is 10.3. The highest BCUT2D eigenvalue weighted by Crippen LogP contribution is 2.33. The summed E-state index contributed by atoms with van der Waals surface area (Å²) in [5.41, 5.74) is 5.66. The third kappa shape index (κ3) is 2.16. The molecule has 0 aromatic heterocycles. The molecule has 2 rings (SSSR count). The molecule has 1 saturated carbocycles. The summed E-state index contributed by atoms with van der Waals surface area (Å²) in [6, 6.07) is 4.29. The van der Waals surface area contributed by atoms with Crippen LogP contribution in [0.5, 0.6) is 5.75 Å². The minimum absolute atomic E-state index is 0.0735. The fourth-order valence-corrected chi connectivity index (χ4v) is 1.27. The van der Waals surface area contributed by atoms with Crippen LogP contribution < -0.4 is 10.5 Å². The largest absolute Gasteiger partial charge is 0.492 e. The first kappa shape index (κ1) is 9.74. The molecule has 1 aromatic rings. The van der Waals surface area contributed by atoms with E-state index in [2.05, 4.69) is 0 Å². The number of nitrogens with two attached hydrogens (primary N) is 1. The molecule has 14 heavy (non-hydrogen) atoms. The molecule has 2 N–H and O–H groups in total. The van der Waals surface area contributed by atoms with Gasteiger partial charge in [-0.2, -0.15) is 0 Å². The first-order valence-corrected chi connectivity index (χ1v) is 4.84. The van der Waals surface area contributed by atoms with Crippen LogP contribution in [0.3, 0.4) is 0 Å². The molecule has 0 atom stereocenters. The summed E-state index contributed by atoms with van der Waals surface area (Å²) in [7, 11) is 0. The lowest BCUT2D eigenvalue weighted by Gasteiger charge is -2.11. The van der Waals surface area contributed by atoms with Crippen molar-refractivity contribution in [2.75, 3.05) is 6.61 Å². The molecule has 0 radical (unpaired) electrons. The van der Waals surface area contributed by atoms with E-state index in [9.17, 15) is 4.39 Å². The summed E-state index contributed by atoms with van der Waals surface area (Å²) < 4.78 is 18.2. The van der Waals surface area contributed by atoms with Gasteiger partial charge in [0.15, 0.2) is 0 Å². The zero-order chi connectivity index (χ0) is 10.2. The second-order valence-electron chi connectivity index (χ2n) is 3.73. The van der Waals surface area contributed by atoms with E-state index in [-0.39, 0.29) is 10.6 Å². The van der Waals surface area contributed by atoms with Gasteiger partial charge >= 0.3 is 0 Å². The van der Waals surface area contributed by atoms with Crippen LogP contribution in [0.15, 0.2) is 18.2 Å². The van der Waals surface area contributed by atoms with Gasteiger partial charge in [0.25, 0.3) is 0 Å². The Morgan fingerprint density at radius 3 is 2.79 bits per heavy atom. The normalized spacial score (nSPS) is 17.9. The molecule has 0 unspecified atom stereocenters. The molecule has 0 amide bonds. The van der Waals surface area contributed by atoms with E-state index < -0.39 is 5.82 Å². The maximum absolute atomic E-state index is 12.8. The first-order chi connectivity index (χ1) is 6.59. The molecule has 0 aliphatic heterocycles. The molecule has 1 aliphatic rings. The van der Waals surface area contributed by atoms with Gasteiger partial charge in [-0.05, 0) is 25.0 Å². The Morgan fingerprint density at radius 2 is 2.21 bits per heavy atom. The second kappa shape index (κ2) is 3.41. The van der Waals surface area contributed by atoms with Crippen LogP contribution in [0.2, 0.25) is 5.02 Å². The van der Waals surface area contributed by atoms with Crippen molar-refractivity contribution in [3.63, 3.8) is 0 Å². The Hall–Kier alpha value is -0.800. The van der Waals surface area contributed by atoms with E-state index in [1.54, 1.807) is 6.07 Å². The molecular weight excluding hydrogens is 205 g/mol. The third-order valence-electron chi connectivity index (χ3n) is 2.31. The lowest BCUT2D eigenvalue weighted by molar-refractivity contribution is 0.279. The van der Waals surface area contributed by atoms with Crippen molar-refractivity contribution in [3.8, 4) is 5.75 Å². The zero-order valence-electron chi connectivity index (χ0n) is 7.59. The molecule has 0 heterocycles. The average Bonchev–Trinajstić information content (AvgIpc) is 2.87. The highest BCUT2D eigenvalue weighted by molar-refractivity contribution is 6.30. The number of hydrogen-bond donors (Lipinski definition) is 1. The number of halogens is 2. The molecule has 0 saturated heterocycles. The molecule has 0 bridgehead atoms. The summed E-state index contributed by atoms with van der Waals surface area (Å²) in [6.07, 6.45) is 1.98. The summed E-state index contributed by atoms with van der Waals surface area (Å²) in [4.78, 5) is 0. The number of hydrogen-bond acceptors (Lipinski definition) is 2. The van der Waals surface area contributed by atoms with E-state index >= 15 is 0 Å². The van der Waals surface area contributed by atoms with Crippen molar-refractivity contribution in [2.24, 2.45) is 5.73 Å². The smallest absolute Gasteiger partial charge is 0.142 e. The lowest BCUT2D eigenvalue weighted by Crippen LogP contribution is -2.29. The second-order valence-corrected chi connectivity index (χ2v) is 4.13. The highest BCUT2D eigenvalue weighted by Gasteiger charge is 2.39. The molecule has 1 aromatic carbocycles. The van der Waals surface area contributed by atoms with Crippen molar-refractivity contribution in [3.05, 3.63) is 29.0 Å². The Labute approximate surface area is 86.8 Å². The SMILES string of the molecule is NC1(COc2ccc(F)c(Cl)c2)CC1. The van der Waals surface area contributed by atoms with Crippen molar-refractivity contribution in [2.45, 2.75) is 18.4 Å².